The number of methoxy groups -OCH3 is 2. The highest BCUT2D eigenvalue weighted by molar-refractivity contribution is 6.01. The van der Waals surface area contributed by atoms with E-state index in [-0.39, 0.29) is 29.5 Å². The first-order valence-corrected chi connectivity index (χ1v) is 10.8. The smallest absolute Gasteiger partial charge is 0.328 e. The lowest BCUT2D eigenvalue weighted by atomic mass is 10.0. The molecule has 11 heteroatoms. The molecule has 4 rings (SSSR count). The number of aryl methyl sites for hydroxylation is 1. The van der Waals surface area contributed by atoms with E-state index >= 15 is 0 Å². The van der Waals surface area contributed by atoms with E-state index < -0.39 is 12.1 Å². The topological polar surface area (TPSA) is 138 Å². The summed E-state index contributed by atoms with van der Waals surface area (Å²) in [5.74, 6) is 0.812. The van der Waals surface area contributed by atoms with Gasteiger partial charge in [-0.3, -0.25) is 19.8 Å². The highest BCUT2D eigenvalue weighted by Gasteiger charge is 2.33. The normalized spacial score (nSPS) is 17.2. The number of ether oxygens (including phenoxy) is 2. The third-order valence-corrected chi connectivity index (χ3v) is 5.97. The van der Waals surface area contributed by atoms with Crippen molar-refractivity contribution in [2.24, 2.45) is 0 Å². The highest BCUT2D eigenvalue weighted by Crippen LogP contribution is 2.29. The van der Waals surface area contributed by atoms with Crippen LogP contribution in [0.25, 0.3) is 0 Å². The molecular formula is C23H24N6O5. The summed E-state index contributed by atoms with van der Waals surface area (Å²) < 4.78 is 10.4. The second-order valence-corrected chi connectivity index (χ2v) is 7.97. The molecule has 176 valence electrons. The molecule has 0 saturated carbocycles. The van der Waals surface area contributed by atoms with Gasteiger partial charge in [-0.1, -0.05) is 0 Å². The Balaban J connectivity index is 1.57. The van der Waals surface area contributed by atoms with Crippen LogP contribution in [0.1, 0.15) is 40.0 Å². The Morgan fingerprint density at radius 3 is 2.85 bits per heavy atom. The van der Waals surface area contributed by atoms with Crippen LogP contribution in [0.2, 0.25) is 0 Å². The van der Waals surface area contributed by atoms with Gasteiger partial charge in [-0.2, -0.15) is 5.26 Å². The maximum absolute atomic E-state index is 13.0. The van der Waals surface area contributed by atoms with Crippen molar-refractivity contribution in [1.29, 1.82) is 5.26 Å². The van der Waals surface area contributed by atoms with Crippen LogP contribution >= 0.6 is 0 Å². The van der Waals surface area contributed by atoms with E-state index in [0.29, 0.717) is 55.8 Å². The summed E-state index contributed by atoms with van der Waals surface area (Å²) >= 11 is 0. The monoisotopic (exact) mass is 464 g/mol. The summed E-state index contributed by atoms with van der Waals surface area (Å²) in [7, 11) is 2.93. The number of nitriles is 1. The number of aromatic nitrogens is 2. The summed E-state index contributed by atoms with van der Waals surface area (Å²) in [5.41, 5.74) is 1.90. The third-order valence-electron chi connectivity index (χ3n) is 5.97. The van der Waals surface area contributed by atoms with Crippen molar-refractivity contribution in [1.82, 2.24) is 14.9 Å². The molecule has 2 aromatic heterocycles. The minimum absolute atomic E-state index is 0.108. The Morgan fingerprint density at radius 2 is 2.18 bits per heavy atom. The zero-order valence-electron chi connectivity index (χ0n) is 18.9. The number of nitrogens with zero attached hydrogens (tertiary/aromatic N) is 5. The molecule has 1 unspecified atom stereocenters. The molecule has 1 fully saturated rings. The highest BCUT2D eigenvalue weighted by atomic mass is 16.5. The van der Waals surface area contributed by atoms with E-state index in [1.54, 1.807) is 4.90 Å². The van der Waals surface area contributed by atoms with Gasteiger partial charge in [-0.15, -0.1) is 0 Å². The molecule has 2 aliphatic heterocycles. The Hall–Kier alpha value is -4.04. The van der Waals surface area contributed by atoms with Crippen LogP contribution in [0.3, 0.4) is 0 Å². The Morgan fingerprint density at radius 1 is 1.35 bits per heavy atom. The second-order valence-electron chi connectivity index (χ2n) is 7.97. The average molecular weight is 464 g/mol. The summed E-state index contributed by atoms with van der Waals surface area (Å²) in [6, 6.07) is 4.82. The van der Waals surface area contributed by atoms with Crippen LogP contribution < -0.4 is 15.0 Å². The van der Waals surface area contributed by atoms with Gasteiger partial charge in [0.15, 0.2) is 6.29 Å². The van der Waals surface area contributed by atoms with Gasteiger partial charge in [-0.25, -0.2) is 14.8 Å². The van der Waals surface area contributed by atoms with Crippen LogP contribution in [0.15, 0.2) is 18.3 Å². The first-order valence-electron chi connectivity index (χ1n) is 10.8. The van der Waals surface area contributed by atoms with E-state index in [0.717, 1.165) is 5.56 Å². The van der Waals surface area contributed by atoms with Gasteiger partial charge < -0.3 is 14.4 Å². The molecule has 2 aromatic rings. The minimum atomic E-state index is -0.463. The van der Waals surface area contributed by atoms with E-state index in [9.17, 15) is 14.4 Å². The van der Waals surface area contributed by atoms with Gasteiger partial charge in [0.05, 0.1) is 13.3 Å². The molecule has 1 atom stereocenters. The number of likely N-dealkylation sites (tertiary alicyclic amines) is 1. The van der Waals surface area contributed by atoms with Crippen molar-refractivity contribution in [3.8, 4) is 11.8 Å². The minimum Gasteiger partial charge on any atom is -0.495 e. The number of fused-ring (bicyclic) bond motifs is 1. The SMILES string of the molecule is COc1cc(NC(=O)N2CCCc3cc(CN4CCC(OC)C4=O)c(C=O)nc32)ncc1C#N. The van der Waals surface area contributed by atoms with Crippen molar-refractivity contribution in [3.05, 3.63) is 40.7 Å². The molecule has 0 bridgehead atoms. The molecule has 0 radical (unpaired) electrons. The number of rotatable bonds is 6. The number of hydrogen-bond donors (Lipinski definition) is 1. The zero-order chi connectivity index (χ0) is 24.2. The molecule has 3 amide bonds. The van der Waals surface area contributed by atoms with Crippen LogP contribution in [0.4, 0.5) is 16.4 Å². The van der Waals surface area contributed by atoms with Gasteiger partial charge in [0, 0.05) is 44.8 Å². The van der Waals surface area contributed by atoms with Gasteiger partial charge in [-0.05, 0) is 24.5 Å². The van der Waals surface area contributed by atoms with Gasteiger partial charge in [0.1, 0.15) is 40.8 Å². The number of nitrogens with one attached hydrogen (secondary N) is 1. The quantitative estimate of drug-likeness (QED) is 0.640. The lowest BCUT2D eigenvalue weighted by molar-refractivity contribution is -0.136. The fourth-order valence-electron chi connectivity index (χ4n) is 4.21. The number of hydrogen-bond acceptors (Lipinski definition) is 8. The van der Waals surface area contributed by atoms with Crippen LogP contribution in [-0.4, -0.2) is 66.5 Å². The first kappa shape index (κ1) is 23.1. The zero-order valence-corrected chi connectivity index (χ0v) is 18.9. The van der Waals surface area contributed by atoms with Crippen molar-refractivity contribution in [3.63, 3.8) is 0 Å². The van der Waals surface area contributed by atoms with Crippen molar-refractivity contribution in [2.45, 2.75) is 31.9 Å². The van der Waals surface area contributed by atoms with Crippen LogP contribution in [0.5, 0.6) is 5.75 Å². The number of pyridine rings is 2. The van der Waals surface area contributed by atoms with E-state index in [2.05, 4.69) is 15.3 Å². The number of urea groups is 1. The Labute approximate surface area is 196 Å². The van der Waals surface area contributed by atoms with E-state index in [1.165, 1.54) is 31.4 Å². The van der Waals surface area contributed by atoms with Crippen LogP contribution in [0, 0.1) is 11.3 Å². The molecule has 0 aromatic carbocycles. The molecule has 1 N–H and O–H groups in total. The molecule has 0 aliphatic carbocycles. The largest absolute Gasteiger partial charge is 0.495 e. The summed E-state index contributed by atoms with van der Waals surface area (Å²) in [6.07, 6.45) is 3.50. The first-order chi connectivity index (χ1) is 16.5. The summed E-state index contributed by atoms with van der Waals surface area (Å²) in [4.78, 5) is 49.0. The van der Waals surface area contributed by atoms with E-state index in [4.69, 9.17) is 14.7 Å². The number of anilines is 2. The fraction of sp³-hybridized carbons (Fsp3) is 0.391. The standard InChI is InChI=1S/C23H24N6O5/c1-33-18-5-7-28(22(18)31)12-15-8-14-4-3-6-29(21(14)26-17(15)13-30)23(32)27-20-9-19(34-2)16(10-24)11-25-20/h8-9,11,13,18H,3-7,12H2,1-2H3,(H,25,27,32). The van der Waals surface area contributed by atoms with Crippen LogP contribution in [-0.2, 0) is 22.5 Å². The maximum atomic E-state index is 13.0. The summed E-state index contributed by atoms with van der Waals surface area (Å²) in [6.45, 7) is 1.22. The molecule has 2 aliphatic rings. The van der Waals surface area contributed by atoms with E-state index in [1.807, 2.05) is 12.1 Å². The Kier molecular flexibility index (Phi) is 6.70. The molecule has 1 saturated heterocycles. The molecular weight excluding hydrogens is 440 g/mol. The third kappa shape index (κ3) is 4.40. The van der Waals surface area contributed by atoms with Gasteiger partial charge >= 0.3 is 6.03 Å². The molecule has 11 nitrogen and oxygen atoms in total. The number of aldehydes is 1. The van der Waals surface area contributed by atoms with Crippen molar-refractivity contribution >= 4 is 29.9 Å². The van der Waals surface area contributed by atoms with Crippen molar-refractivity contribution < 1.29 is 23.9 Å². The Bertz CT molecular complexity index is 1180. The predicted octanol–water partition coefficient (Wildman–Crippen LogP) is 1.90. The lowest BCUT2D eigenvalue weighted by Gasteiger charge is -2.29. The van der Waals surface area contributed by atoms with Gasteiger partial charge in [0.25, 0.3) is 5.91 Å². The number of carbonyl (C=O) groups excluding carboxylic acids is 3. The molecule has 34 heavy (non-hydrogen) atoms. The average Bonchev–Trinajstić information content (AvgIpc) is 3.21. The van der Waals surface area contributed by atoms with Gasteiger partial charge in [0.2, 0.25) is 0 Å². The summed E-state index contributed by atoms with van der Waals surface area (Å²) in [5, 5.41) is 11.8. The predicted molar refractivity (Wildman–Crippen MR) is 121 cm³/mol. The molecule has 0 spiro atoms. The van der Waals surface area contributed by atoms with Crippen molar-refractivity contribution in [2.75, 3.05) is 37.5 Å². The maximum Gasteiger partial charge on any atom is 0.328 e. The number of carbonyl (C=O) groups is 3. The number of amides is 3. The second kappa shape index (κ2) is 9.84. The molecule has 4 heterocycles. The lowest BCUT2D eigenvalue weighted by Crippen LogP contribution is -2.40. The fourth-order valence-corrected chi connectivity index (χ4v) is 4.21.